The second-order valence-corrected chi connectivity index (χ2v) is 5.77. The minimum atomic E-state index is 0.277. The van der Waals surface area contributed by atoms with E-state index in [2.05, 4.69) is 25.7 Å². The molecule has 3 aliphatic carbocycles. The molecule has 102 valence electrons. The number of nitrogens with one attached hydrogen (secondary N) is 2. The average molecular weight is 262 g/mol. The number of nitrogens with zero attached hydrogens (tertiary/aromatic N) is 3. The van der Waals surface area contributed by atoms with E-state index in [9.17, 15) is 0 Å². The molecule has 7 nitrogen and oxygen atoms in total. The van der Waals surface area contributed by atoms with Crippen LogP contribution in [-0.2, 0) is 0 Å². The van der Waals surface area contributed by atoms with Gasteiger partial charge in [0.1, 0.15) is 0 Å². The summed E-state index contributed by atoms with van der Waals surface area (Å²) < 4.78 is 5.05. The number of rotatable bonds is 4. The second kappa shape index (κ2) is 3.93. The zero-order chi connectivity index (χ0) is 13.0. The predicted octanol–water partition coefficient (Wildman–Crippen LogP) is 0.622. The Bertz CT molecular complexity index is 471. The third-order valence-electron chi connectivity index (χ3n) is 4.96. The topological polar surface area (TPSA) is 98.0 Å². The zero-order valence-electron chi connectivity index (χ0n) is 10.8. The third-order valence-corrected chi connectivity index (χ3v) is 4.96. The van der Waals surface area contributed by atoms with Crippen molar-refractivity contribution >= 4 is 11.9 Å². The van der Waals surface area contributed by atoms with Crippen LogP contribution >= 0.6 is 0 Å². The molecule has 4 atom stereocenters. The highest BCUT2D eigenvalue weighted by molar-refractivity contribution is 5.39. The fourth-order valence-electron chi connectivity index (χ4n) is 4.24. The lowest BCUT2D eigenvalue weighted by Crippen LogP contribution is -2.17. The number of hydrazine groups is 1. The first kappa shape index (κ1) is 11.2. The smallest absolute Gasteiger partial charge is 0.322 e. The summed E-state index contributed by atoms with van der Waals surface area (Å²) in [5.41, 5.74) is 2.43. The largest absolute Gasteiger partial charge is 0.467 e. The van der Waals surface area contributed by atoms with Crippen LogP contribution in [0, 0.1) is 23.7 Å². The lowest BCUT2D eigenvalue weighted by atomic mass is 10.0. The standard InChI is InChI=1S/C12H18N6O/c1-19-12-16-10(15-11(17-12)18-13)14-9-7-5-2-3-6(4-5)8(7)9/h5-9H,2-4,13H2,1H3,(H2,14,15,16,17,18). The van der Waals surface area contributed by atoms with Gasteiger partial charge in [-0.15, -0.1) is 0 Å². The first-order chi connectivity index (χ1) is 9.30. The molecular formula is C12H18N6O. The van der Waals surface area contributed by atoms with E-state index < -0.39 is 0 Å². The number of nitrogens with two attached hydrogens (primary N) is 1. The quantitative estimate of drug-likeness (QED) is 0.540. The van der Waals surface area contributed by atoms with Gasteiger partial charge in [-0.05, 0) is 42.9 Å². The number of fused-ring (bicyclic) bond motifs is 5. The van der Waals surface area contributed by atoms with E-state index in [1.54, 1.807) is 0 Å². The Kier molecular flexibility index (Phi) is 2.32. The molecule has 7 heteroatoms. The molecule has 0 aromatic carbocycles. The summed E-state index contributed by atoms with van der Waals surface area (Å²) in [4.78, 5) is 12.4. The zero-order valence-corrected chi connectivity index (χ0v) is 10.8. The summed E-state index contributed by atoms with van der Waals surface area (Å²) in [6.07, 6.45) is 4.24. The van der Waals surface area contributed by atoms with Gasteiger partial charge in [0.25, 0.3) is 0 Å². The van der Waals surface area contributed by atoms with Gasteiger partial charge in [-0.3, -0.25) is 5.43 Å². The van der Waals surface area contributed by atoms with Crippen molar-refractivity contribution in [2.24, 2.45) is 29.5 Å². The highest BCUT2D eigenvalue weighted by Crippen LogP contribution is 2.66. The Balaban J connectivity index is 1.52. The summed E-state index contributed by atoms with van der Waals surface area (Å²) in [5, 5.41) is 3.43. The van der Waals surface area contributed by atoms with E-state index in [1.807, 2.05) is 0 Å². The van der Waals surface area contributed by atoms with Gasteiger partial charge in [0.2, 0.25) is 11.9 Å². The SMILES string of the molecule is COc1nc(NN)nc(NC2C3C4CCC(C4)C23)n1. The maximum atomic E-state index is 5.35. The summed E-state index contributed by atoms with van der Waals surface area (Å²) in [5.74, 6) is 9.72. The van der Waals surface area contributed by atoms with Crippen LogP contribution in [-0.4, -0.2) is 28.1 Å². The molecule has 4 rings (SSSR count). The molecule has 19 heavy (non-hydrogen) atoms. The molecule has 3 saturated carbocycles. The average Bonchev–Trinajstić information content (AvgIpc) is 2.85. The van der Waals surface area contributed by atoms with E-state index in [0.29, 0.717) is 17.9 Å². The Hall–Kier alpha value is -1.63. The molecule has 1 heterocycles. The highest BCUT2D eigenvalue weighted by Gasteiger charge is 2.65. The number of aromatic nitrogens is 3. The summed E-state index contributed by atoms with van der Waals surface area (Å²) in [7, 11) is 1.53. The van der Waals surface area contributed by atoms with Crippen LogP contribution in [0.25, 0.3) is 0 Å². The maximum Gasteiger partial charge on any atom is 0.322 e. The summed E-state index contributed by atoms with van der Waals surface area (Å²) in [6.45, 7) is 0. The first-order valence-corrected chi connectivity index (χ1v) is 6.83. The molecule has 1 aromatic heterocycles. The molecule has 0 radical (unpaired) electrons. The number of anilines is 2. The van der Waals surface area contributed by atoms with Gasteiger partial charge in [0.05, 0.1) is 7.11 Å². The molecule has 3 fully saturated rings. The van der Waals surface area contributed by atoms with E-state index in [0.717, 1.165) is 23.7 Å². The van der Waals surface area contributed by atoms with Crippen molar-refractivity contribution in [3.8, 4) is 6.01 Å². The van der Waals surface area contributed by atoms with Gasteiger partial charge in [-0.2, -0.15) is 15.0 Å². The van der Waals surface area contributed by atoms with Crippen molar-refractivity contribution in [3.05, 3.63) is 0 Å². The van der Waals surface area contributed by atoms with E-state index >= 15 is 0 Å². The van der Waals surface area contributed by atoms with Gasteiger partial charge in [0.15, 0.2) is 0 Å². The molecule has 4 N–H and O–H groups in total. The number of hydrogen-bond donors (Lipinski definition) is 3. The number of hydrogen-bond acceptors (Lipinski definition) is 7. The van der Waals surface area contributed by atoms with E-state index in [1.165, 1.54) is 26.4 Å². The minimum Gasteiger partial charge on any atom is -0.467 e. The van der Waals surface area contributed by atoms with Crippen LogP contribution in [0.4, 0.5) is 11.9 Å². The lowest BCUT2D eigenvalue weighted by molar-refractivity contribution is 0.379. The fraction of sp³-hybridized carbons (Fsp3) is 0.750. The number of nitrogen functional groups attached to an aromatic ring is 1. The van der Waals surface area contributed by atoms with Gasteiger partial charge >= 0.3 is 6.01 Å². The van der Waals surface area contributed by atoms with Crippen LogP contribution in [0.1, 0.15) is 19.3 Å². The van der Waals surface area contributed by atoms with E-state index in [4.69, 9.17) is 10.6 Å². The van der Waals surface area contributed by atoms with Gasteiger partial charge in [0, 0.05) is 6.04 Å². The summed E-state index contributed by atoms with van der Waals surface area (Å²) in [6, 6.07) is 0.809. The fourth-order valence-corrected chi connectivity index (χ4v) is 4.24. The van der Waals surface area contributed by atoms with E-state index in [-0.39, 0.29) is 6.01 Å². The molecule has 0 amide bonds. The van der Waals surface area contributed by atoms with Crippen molar-refractivity contribution in [2.75, 3.05) is 17.9 Å². The molecule has 0 aliphatic heterocycles. The molecule has 3 aliphatic rings. The van der Waals surface area contributed by atoms with Crippen LogP contribution in [0.15, 0.2) is 0 Å². The van der Waals surface area contributed by atoms with Crippen molar-refractivity contribution in [1.29, 1.82) is 0 Å². The summed E-state index contributed by atoms with van der Waals surface area (Å²) >= 11 is 0. The second-order valence-electron chi connectivity index (χ2n) is 5.77. The Labute approximate surface area is 111 Å². The van der Waals surface area contributed by atoms with Crippen molar-refractivity contribution in [1.82, 2.24) is 15.0 Å². The highest BCUT2D eigenvalue weighted by atomic mass is 16.5. The van der Waals surface area contributed by atoms with Crippen molar-refractivity contribution in [3.63, 3.8) is 0 Å². The Morgan fingerprint density at radius 3 is 2.42 bits per heavy atom. The molecule has 0 spiro atoms. The van der Waals surface area contributed by atoms with Crippen LogP contribution < -0.4 is 21.3 Å². The monoisotopic (exact) mass is 262 g/mol. The van der Waals surface area contributed by atoms with Crippen molar-refractivity contribution in [2.45, 2.75) is 25.3 Å². The molecule has 1 aromatic rings. The maximum absolute atomic E-state index is 5.35. The Morgan fingerprint density at radius 1 is 1.11 bits per heavy atom. The lowest BCUT2D eigenvalue weighted by Gasteiger charge is -2.11. The molecule has 2 bridgehead atoms. The normalized spacial score (nSPS) is 37.9. The number of ether oxygens (including phenoxy) is 1. The van der Waals surface area contributed by atoms with Crippen LogP contribution in [0.5, 0.6) is 6.01 Å². The molecule has 4 unspecified atom stereocenters. The first-order valence-electron chi connectivity index (χ1n) is 6.83. The predicted molar refractivity (Wildman–Crippen MR) is 69.4 cm³/mol. The van der Waals surface area contributed by atoms with Gasteiger partial charge in [-0.1, -0.05) is 0 Å². The molecular weight excluding hydrogens is 244 g/mol. The van der Waals surface area contributed by atoms with Crippen molar-refractivity contribution < 1.29 is 4.74 Å². The Morgan fingerprint density at radius 2 is 1.79 bits per heavy atom. The minimum absolute atomic E-state index is 0.277. The van der Waals surface area contributed by atoms with Gasteiger partial charge in [-0.25, -0.2) is 5.84 Å². The third kappa shape index (κ3) is 1.64. The van der Waals surface area contributed by atoms with Gasteiger partial charge < -0.3 is 10.1 Å². The van der Waals surface area contributed by atoms with Crippen LogP contribution in [0.3, 0.4) is 0 Å². The van der Waals surface area contributed by atoms with Crippen LogP contribution in [0.2, 0.25) is 0 Å². The molecule has 0 saturated heterocycles. The number of methoxy groups -OCH3 is 1.